The van der Waals surface area contributed by atoms with Crippen LogP contribution in [-0.2, 0) is 9.53 Å². The molecule has 0 unspecified atom stereocenters. The van der Waals surface area contributed by atoms with Gasteiger partial charge in [0.1, 0.15) is 10.9 Å². The molecular formula is C24H31NO2S. The van der Waals surface area contributed by atoms with E-state index in [1.807, 2.05) is 32.9 Å². The summed E-state index contributed by atoms with van der Waals surface area (Å²) in [5.41, 5.74) is 1.95. The molecule has 2 aromatic carbocycles. The predicted octanol–water partition coefficient (Wildman–Crippen LogP) is 5.64. The summed E-state index contributed by atoms with van der Waals surface area (Å²) < 4.78 is 5.82. The van der Waals surface area contributed by atoms with Crippen LogP contribution in [0.5, 0.6) is 0 Å². The summed E-state index contributed by atoms with van der Waals surface area (Å²) in [6, 6.07) is 21.1. The lowest BCUT2D eigenvalue weighted by Gasteiger charge is -2.46. The first-order valence-electron chi connectivity index (χ1n) is 10.0. The van der Waals surface area contributed by atoms with E-state index in [9.17, 15) is 4.79 Å². The minimum Gasteiger partial charge on any atom is -0.459 e. The van der Waals surface area contributed by atoms with Gasteiger partial charge in [-0.2, -0.15) is 0 Å². The van der Waals surface area contributed by atoms with Crippen LogP contribution in [0.4, 0.5) is 0 Å². The largest absolute Gasteiger partial charge is 0.459 e. The van der Waals surface area contributed by atoms with Crippen LogP contribution in [0.3, 0.4) is 0 Å². The van der Waals surface area contributed by atoms with Crippen molar-refractivity contribution >= 4 is 17.7 Å². The van der Waals surface area contributed by atoms with Gasteiger partial charge in [-0.15, -0.1) is 11.8 Å². The van der Waals surface area contributed by atoms with Crippen LogP contribution in [0.25, 0.3) is 0 Å². The molecule has 150 valence electrons. The average molecular weight is 398 g/mol. The van der Waals surface area contributed by atoms with E-state index in [0.717, 1.165) is 6.54 Å². The molecule has 1 fully saturated rings. The lowest BCUT2D eigenvalue weighted by Crippen LogP contribution is -2.49. The first-order valence-corrected chi connectivity index (χ1v) is 10.9. The van der Waals surface area contributed by atoms with Crippen LogP contribution in [0.2, 0.25) is 0 Å². The minimum absolute atomic E-state index is 0.0209. The number of benzene rings is 2. The van der Waals surface area contributed by atoms with E-state index < -0.39 is 5.60 Å². The van der Waals surface area contributed by atoms with Gasteiger partial charge in [0, 0.05) is 17.8 Å². The van der Waals surface area contributed by atoms with Gasteiger partial charge in [-0.1, -0.05) is 67.6 Å². The molecule has 0 bridgehead atoms. The Bertz CT molecular complexity index is 772. The maximum atomic E-state index is 13.2. The van der Waals surface area contributed by atoms with Crippen molar-refractivity contribution in [3.8, 4) is 0 Å². The maximum absolute atomic E-state index is 13.2. The lowest BCUT2D eigenvalue weighted by molar-refractivity contribution is -0.156. The highest BCUT2D eigenvalue weighted by Crippen LogP contribution is 2.44. The standard InChI is InChI=1S/C24H31NO2S/c1-17-16-25(18(2)19-12-8-6-9-13-19)21(20-14-10-7-11-15-20)22(28-17)23(26)27-24(3,4)5/h6-15,17-18,21-22H,16H2,1-5H3/t17-,18-,21-,22+/m1/s1. The third kappa shape index (κ3) is 4.98. The van der Waals surface area contributed by atoms with Gasteiger partial charge in [-0.05, 0) is 38.8 Å². The Hall–Kier alpha value is -1.78. The van der Waals surface area contributed by atoms with Gasteiger partial charge in [0.25, 0.3) is 0 Å². The van der Waals surface area contributed by atoms with E-state index in [1.54, 1.807) is 11.8 Å². The molecule has 28 heavy (non-hydrogen) atoms. The van der Waals surface area contributed by atoms with E-state index in [-0.39, 0.29) is 23.3 Å². The summed E-state index contributed by atoms with van der Waals surface area (Å²) in [5, 5.41) is 0.0974. The van der Waals surface area contributed by atoms with Crippen molar-refractivity contribution in [1.82, 2.24) is 4.90 Å². The highest BCUT2D eigenvalue weighted by atomic mass is 32.2. The second-order valence-corrected chi connectivity index (χ2v) is 10.1. The molecule has 3 nitrogen and oxygen atoms in total. The molecule has 0 N–H and O–H groups in total. The monoisotopic (exact) mass is 397 g/mol. The summed E-state index contributed by atoms with van der Waals surface area (Å²) in [5.74, 6) is -0.122. The Kier molecular flexibility index (Phi) is 6.51. The van der Waals surface area contributed by atoms with E-state index in [1.165, 1.54) is 11.1 Å². The van der Waals surface area contributed by atoms with Crippen molar-refractivity contribution in [2.45, 2.75) is 62.8 Å². The Balaban J connectivity index is 2.00. The average Bonchev–Trinajstić information content (AvgIpc) is 2.66. The van der Waals surface area contributed by atoms with E-state index in [0.29, 0.717) is 5.25 Å². The summed E-state index contributed by atoms with van der Waals surface area (Å²) in [4.78, 5) is 15.7. The molecule has 3 rings (SSSR count). The smallest absolute Gasteiger partial charge is 0.321 e. The fourth-order valence-corrected chi connectivity index (χ4v) is 5.22. The number of rotatable bonds is 4. The van der Waals surface area contributed by atoms with Crippen molar-refractivity contribution < 1.29 is 9.53 Å². The zero-order valence-electron chi connectivity index (χ0n) is 17.5. The van der Waals surface area contributed by atoms with Crippen LogP contribution >= 0.6 is 11.8 Å². The first kappa shape index (κ1) is 20.9. The second kappa shape index (κ2) is 8.71. The summed E-state index contributed by atoms with van der Waals surface area (Å²) in [7, 11) is 0. The number of hydrogen-bond donors (Lipinski definition) is 0. The van der Waals surface area contributed by atoms with Crippen molar-refractivity contribution in [3.63, 3.8) is 0 Å². The molecule has 0 spiro atoms. The molecule has 2 aromatic rings. The number of hydrogen-bond acceptors (Lipinski definition) is 4. The zero-order valence-corrected chi connectivity index (χ0v) is 18.3. The maximum Gasteiger partial charge on any atom is 0.321 e. The molecule has 0 aliphatic carbocycles. The molecule has 0 aromatic heterocycles. The molecule has 0 radical (unpaired) electrons. The van der Waals surface area contributed by atoms with Gasteiger partial charge in [0.15, 0.2) is 0 Å². The molecule has 0 saturated carbocycles. The van der Waals surface area contributed by atoms with Gasteiger partial charge >= 0.3 is 5.97 Å². The van der Waals surface area contributed by atoms with Gasteiger partial charge < -0.3 is 4.74 Å². The van der Waals surface area contributed by atoms with Gasteiger partial charge in [-0.25, -0.2) is 0 Å². The third-order valence-electron chi connectivity index (χ3n) is 5.05. The highest BCUT2D eigenvalue weighted by molar-refractivity contribution is 8.01. The number of ether oxygens (including phenoxy) is 1. The van der Waals surface area contributed by atoms with Crippen LogP contribution in [0.1, 0.15) is 57.8 Å². The fourth-order valence-electron chi connectivity index (χ4n) is 3.83. The third-order valence-corrected chi connectivity index (χ3v) is 6.41. The summed E-state index contributed by atoms with van der Waals surface area (Å²) in [6.07, 6.45) is 0. The summed E-state index contributed by atoms with van der Waals surface area (Å²) in [6.45, 7) is 11.2. The number of carbonyl (C=O) groups excluding carboxylic acids is 1. The number of thioether (sulfide) groups is 1. The topological polar surface area (TPSA) is 29.5 Å². The highest BCUT2D eigenvalue weighted by Gasteiger charge is 2.44. The molecule has 0 amide bonds. The number of carbonyl (C=O) groups is 1. The number of nitrogens with zero attached hydrogens (tertiary/aromatic N) is 1. The molecule has 1 aliphatic rings. The van der Waals surface area contributed by atoms with E-state index >= 15 is 0 Å². The SMILES string of the molecule is C[C@@H]1CN([C@H](C)c2ccccc2)[C@H](c2ccccc2)[C@@H](C(=O)OC(C)(C)C)S1. The second-order valence-electron chi connectivity index (χ2n) is 8.54. The van der Waals surface area contributed by atoms with Crippen LogP contribution < -0.4 is 0 Å². The van der Waals surface area contributed by atoms with Gasteiger partial charge in [0.2, 0.25) is 0 Å². The molecule has 4 atom stereocenters. The van der Waals surface area contributed by atoms with Crippen LogP contribution in [-0.4, -0.2) is 33.5 Å². The van der Waals surface area contributed by atoms with Gasteiger partial charge in [0.05, 0.1) is 6.04 Å². The zero-order chi connectivity index (χ0) is 20.3. The van der Waals surface area contributed by atoms with E-state index in [2.05, 4.69) is 67.3 Å². The predicted molar refractivity (Wildman–Crippen MR) is 117 cm³/mol. The van der Waals surface area contributed by atoms with Crippen molar-refractivity contribution in [2.75, 3.05) is 6.54 Å². The molecule has 1 saturated heterocycles. The Morgan fingerprint density at radius 1 is 1.07 bits per heavy atom. The van der Waals surface area contributed by atoms with Gasteiger partial charge in [-0.3, -0.25) is 9.69 Å². The summed E-state index contributed by atoms with van der Waals surface area (Å²) >= 11 is 1.74. The minimum atomic E-state index is -0.491. The quantitative estimate of drug-likeness (QED) is 0.625. The number of esters is 1. The van der Waals surface area contributed by atoms with Crippen LogP contribution in [0, 0.1) is 0 Å². The Labute approximate surface area is 173 Å². The molecule has 1 aliphatic heterocycles. The normalized spacial score (nSPS) is 24.5. The van der Waals surface area contributed by atoms with Crippen molar-refractivity contribution in [1.29, 1.82) is 0 Å². The van der Waals surface area contributed by atoms with E-state index in [4.69, 9.17) is 4.74 Å². The molecular weight excluding hydrogens is 366 g/mol. The lowest BCUT2D eigenvalue weighted by atomic mass is 9.96. The molecule has 4 heteroatoms. The Morgan fingerprint density at radius 2 is 1.64 bits per heavy atom. The Morgan fingerprint density at radius 3 is 2.21 bits per heavy atom. The van der Waals surface area contributed by atoms with Crippen molar-refractivity contribution in [2.24, 2.45) is 0 Å². The first-order chi connectivity index (χ1) is 13.3. The van der Waals surface area contributed by atoms with Crippen LogP contribution in [0.15, 0.2) is 60.7 Å². The van der Waals surface area contributed by atoms with Crippen molar-refractivity contribution in [3.05, 3.63) is 71.8 Å². The molecule has 1 heterocycles. The fraction of sp³-hybridized carbons (Fsp3) is 0.458.